The number of benzene rings is 1. The fourth-order valence-electron chi connectivity index (χ4n) is 2.13. The summed E-state index contributed by atoms with van der Waals surface area (Å²) in [5.41, 5.74) is 2.08. The third kappa shape index (κ3) is 3.28. The molecule has 2 rings (SSSR count). The van der Waals surface area contributed by atoms with Crippen LogP contribution in [0.2, 0.25) is 0 Å². The number of amides is 2. The smallest absolute Gasteiger partial charge is 0.315 e. The van der Waals surface area contributed by atoms with E-state index in [-0.39, 0.29) is 11.6 Å². The Hall–Kier alpha value is -1.97. The summed E-state index contributed by atoms with van der Waals surface area (Å²) >= 11 is 0. The number of carbonyl (C=O) groups is 1. The van der Waals surface area contributed by atoms with Crippen molar-refractivity contribution in [1.82, 2.24) is 15.2 Å². The van der Waals surface area contributed by atoms with E-state index in [0.29, 0.717) is 6.54 Å². The van der Waals surface area contributed by atoms with Crippen LogP contribution in [-0.2, 0) is 13.6 Å². The maximum absolute atomic E-state index is 11.7. The molecule has 0 bridgehead atoms. The van der Waals surface area contributed by atoms with Crippen LogP contribution < -0.4 is 10.6 Å². The first kappa shape index (κ1) is 13.5. The Labute approximate surface area is 113 Å². The third-order valence-electron chi connectivity index (χ3n) is 2.91. The molecule has 0 radical (unpaired) electrons. The van der Waals surface area contributed by atoms with E-state index < -0.39 is 0 Å². The standard InChI is InChI=1S/C15H21N3O/c1-15(2,3)17-14(19)16-9-11-10-18(4)13-8-6-5-7-12(11)13/h5-8,10H,9H2,1-4H3,(H2,16,17,19). The highest BCUT2D eigenvalue weighted by Gasteiger charge is 2.13. The van der Waals surface area contributed by atoms with E-state index in [9.17, 15) is 4.79 Å². The first-order chi connectivity index (χ1) is 8.87. The van der Waals surface area contributed by atoms with Crippen molar-refractivity contribution in [1.29, 1.82) is 0 Å². The van der Waals surface area contributed by atoms with Gasteiger partial charge >= 0.3 is 6.03 Å². The van der Waals surface area contributed by atoms with Crippen molar-refractivity contribution in [2.24, 2.45) is 7.05 Å². The Morgan fingerprint density at radius 3 is 2.63 bits per heavy atom. The Kier molecular flexibility index (Phi) is 3.51. The van der Waals surface area contributed by atoms with Gasteiger partial charge in [0.1, 0.15) is 0 Å². The fourth-order valence-corrected chi connectivity index (χ4v) is 2.13. The lowest BCUT2D eigenvalue weighted by atomic mass is 10.1. The monoisotopic (exact) mass is 259 g/mol. The van der Waals surface area contributed by atoms with Crippen LogP contribution in [0.15, 0.2) is 30.5 Å². The minimum Gasteiger partial charge on any atom is -0.350 e. The number of fused-ring (bicyclic) bond motifs is 1. The molecular weight excluding hydrogens is 238 g/mol. The molecule has 102 valence electrons. The molecule has 2 N–H and O–H groups in total. The SMILES string of the molecule is Cn1cc(CNC(=O)NC(C)(C)C)c2ccccc21. The van der Waals surface area contributed by atoms with Crippen LogP contribution in [0.4, 0.5) is 4.79 Å². The molecule has 0 fully saturated rings. The summed E-state index contributed by atoms with van der Waals surface area (Å²) in [6.07, 6.45) is 2.06. The maximum atomic E-state index is 11.7. The summed E-state index contributed by atoms with van der Waals surface area (Å²) in [7, 11) is 2.01. The van der Waals surface area contributed by atoms with Crippen molar-refractivity contribution in [3.8, 4) is 0 Å². The van der Waals surface area contributed by atoms with Gasteiger partial charge in [0.15, 0.2) is 0 Å². The van der Waals surface area contributed by atoms with Crippen LogP contribution in [-0.4, -0.2) is 16.1 Å². The molecule has 2 aromatic rings. The Morgan fingerprint density at radius 1 is 1.26 bits per heavy atom. The summed E-state index contributed by atoms with van der Waals surface area (Å²) in [5, 5.41) is 6.97. The number of hydrogen-bond donors (Lipinski definition) is 2. The molecule has 0 aliphatic heterocycles. The van der Waals surface area contributed by atoms with E-state index >= 15 is 0 Å². The van der Waals surface area contributed by atoms with Crippen molar-refractivity contribution < 1.29 is 4.79 Å². The Balaban J connectivity index is 2.08. The lowest BCUT2D eigenvalue weighted by molar-refractivity contribution is 0.231. The average Bonchev–Trinajstić information content (AvgIpc) is 2.62. The highest BCUT2D eigenvalue weighted by molar-refractivity contribution is 5.84. The molecule has 4 heteroatoms. The number of hydrogen-bond acceptors (Lipinski definition) is 1. The molecule has 1 aromatic heterocycles. The number of rotatable bonds is 2. The topological polar surface area (TPSA) is 46.1 Å². The second-order valence-electron chi connectivity index (χ2n) is 5.84. The zero-order chi connectivity index (χ0) is 14.0. The first-order valence-corrected chi connectivity index (χ1v) is 6.46. The van der Waals surface area contributed by atoms with Crippen LogP contribution in [0.5, 0.6) is 0 Å². The summed E-state index contributed by atoms with van der Waals surface area (Å²) in [4.78, 5) is 11.7. The first-order valence-electron chi connectivity index (χ1n) is 6.46. The summed E-state index contributed by atoms with van der Waals surface area (Å²) in [6, 6.07) is 8.05. The van der Waals surface area contributed by atoms with Crippen molar-refractivity contribution in [3.63, 3.8) is 0 Å². The van der Waals surface area contributed by atoms with Crippen LogP contribution in [0.3, 0.4) is 0 Å². The Bertz CT molecular complexity index is 593. The number of carbonyl (C=O) groups excluding carboxylic acids is 1. The molecule has 0 unspecified atom stereocenters. The number of nitrogens with zero attached hydrogens (tertiary/aromatic N) is 1. The van der Waals surface area contributed by atoms with Crippen molar-refractivity contribution in [3.05, 3.63) is 36.0 Å². The molecule has 1 aromatic carbocycles. The molecule has 2 amide bonds. The van der Waals surface area contributed by atoms with Gasteiger partial charge in [-0.25, -0.2) is 4.79 Å². The lowest BCUT2D eigenvalue weighted by Gasteiger charge is -2.20. The van der Waals surface area contributed by atoms with Gasteiger partial charge in [-0.05, 0) is 32.4 Å². The van der Waals surface area contributed by atoms with Crippen molar-refractivity contribution >= 4 is 16.9 Å². The Morgan fingerprint density at radius 2 is 1.95 bits per heavy atom. The molecule has 19 heavy (non-hydrogen) atoms. The molecule has 0 saturated heterocycles. The van der Waals surface area contributed by atoms with Gasteiger partial charge in [-0.15, -0.1) is 0 Å². The van der Waals surface area contributed by atoms with Gasteiger partial charge in [-0.2, -0.15) is 0 Å². The summed E-state index contributed by atoms with van der Waals surface area (Å²) < 4.78 is 2.08. The van der Waals surface area contributed by atoms with Gasteiger partial charge in [-0.3, -0.25) is 0 Å². The van der Waals surface area contributed by atoms with E-state index in [0.717, 1.165) is 5.56 Å². The quantitative estimate of drug-likeness (QED) is 0.856. The third-order valence-corrected chi connectivity index (χ3v) is 2.91. The molecule has 0 spiro atoms. The predicted molar refractivity (Wildman–Crippen MR) is 78.0 cm³/mol. The zero-order valence-electron chi connectivity index (χ0n) is 11.9. The summed E-state index contributed by atoms with van der Waals surface area (Å²) in [6.45, 7) is 6.42. The van der Waals surface area contributed by atoms with Crippen molar-refractivity contribution in [2.45, 2.75) is 32.9 Å². The van der Waals surface area contributed by atoms with Crippen LogP contribution in [0.1, 0.15) is 26.3 Å². The zero-order valence-corrected chi connectivity index (χ0v) is 11.9. The number of aryl methyl sites for hydroxylation is 1. The van der Waals surface area contributed by atoms with Gasteiger partial charge in [0.25, 0.3) is 0 Å². The minimum absolute atomic E-state index is 0.138. The molecule has 0 aliphatic carbocycles. The van der Waals surface area contributed by atoms with Gasteiger partial charge in [-0.1, -0.05) is 18.2 Å². The number of nitrogens with one attached hydrogen (secondary N) is 2. The molecule has 0 aliphatic rings. The normalized spacial score (nSPS) is 11.6. The second-order valence-corrected chi connectivity index (χ2v) is 5.84. The molecular formula is C15H21N3O. The van der Waals surface area contributed by atoms with E-state index in [2.05, 4.69) is 33.5 Å². The molecule has 0 atom stereocenters. The second kappa shape index (κ2) is 4.96. The van der Waals surface area contributed by atoms with Gasteiger partial charge < -0.3 is 15.2 Å². The van der Waals surface area contributed by atoms with Crippen molar-refractivity contribution in [2.75, 3.05) is 0 Å². The highest BCUT2D eigenvalue weighted by atomic mass is 16.2. The molecule has 1 heterocycles. The number of aromatic nitrogens is 1. The minimum atomic E-state index is -0.219. The maximum Gasteiger partial charge on any atom is 0.315 e. The van der Waals surface area contributed by atoms with E-state index in [1.807, 2.05) is 40.0 Å². The van der Waals surface area contributed by atoms with Crippen LogP contribution in [0.25, 0.3) is 10.9 Å². The molecule has 0 saturated carbocycles. The van der Waals surface area contributed by atoms with Crippen LogP contribution in [0, 0.1) is 0 Å². The number of para-hydroxylation sites is 1. The van der Waals surface area contributed by atoms with Gasteiger partial charge in [0.2, 0.25) is 0 Å². The highest BCUT2D eigenvalue weighted by Crippen LogP contribution is 2.19. The number of urea groups is 1. The van der Waals surface area contributed by atoms with Crippen LogP contribution >= 0.6 is 0 Å². The fraction of sp³-hybridized carbons (Fsp3) is 0.400. The van der Waals surface area contributed by atoms with Gasteiger partial charge in [0.05, 0.1) is 0 Å². The van der Waals surface area contributed by atoms with Gasteiger partial charge in [0, 0.05) is 36.2 Å². The molecule has 4 nitrogen and oxygen atoms in total. The van der Waals surface area contributed by atoms with E-state index in [1.165, 1.54) is 10.9 Å². The van der Waals surface area contributed by atoms with E-state index in [4.69, 9.17) is 0 Å². The average molecular weight is 259 g/mol. The largest absolute Gasteiger partial charge is 0.350 e. The summed E-state index contributed by atoms with van der Waals surface area (Å²) in [5.74, 6) is 0. The lowest BCUT2D eigenvalue weighted by Crippen LogP contribution is -2.46. The van der Waals surface area contributed by atoms with E-state index in [1.54, 1.807) is 0 Å². The predicted octanol–water partition coefficient (Wildman–Crippen LogP) is 2.78.